The summed E-state index contributed by atoms with van der Waals surface area (Å²) in [4.78, 5) is 13.3. The molecule has 0 fully saturated rings. The Kier molecular flexibility index (Phi) is 5.32. The van der Waals surface area contributed by atoms with Gasteiger partial charge in [-0.3, -0.25) is 0 Å². The predicted octanol–water partition coefficient (Wildman–Crippen LogP) is 4.18. The Morgan fingerprint density at radius 2 is 1.96 bits per heavy atom. The van der Waals surface area contributed by atoms with E-state index in [1.807, 2.05) is 38.1 Å². The van der Waals surface area contributed by atoms with Crippen LogP contribution in [0.15, 0.2) is 40.9 Å². The summed E-state index contributed by atoms with van der Waals surface area (Å²) in [7, 11) is 0. The molecule has 3 aromatic rings. The molecule has 2 N–H and O–H groups in total. The third-order valence-corrected chi connectivity index (χ3v) is 4.99. The van der Waals surface area contributed by atoms with E-state index in [-0.39, 0.29) is 0 Å². The van der Waals surface area contributed by atoms with Crippen molar-refractivity contribution >= 4 is 28.9 Å². The Labute approximate surface area is 149 Å². The molecular formula is C17H18N4OS2. The molecule has 0 aliphatic carbocycles. The zero-order chi connectivity index (χ0) is 16.9. The Bertz CT molecular complexity index is 797. The summed E-state index contributed by atoms with van der Waals surface area (Å²) in [5.41, 5.74) is 8.73. The molecule has 3 rings (SSSR count). The zero-order valence-electron chi connectivity index (χ0n) is 13.5. The molecule has 0 saturated carbocycles. The van der Waals surface area contributed by atoms with Crippen LogP contribution < -0.4 is 10.5 Å². The highest BCUT2D eigenvalue weighted by Crippen LogP contribution is 2.28. The van der Waals surface area contributed by atoms with E-state index >= 15 is 0 Å². The van der Waals surface area contributed by atoms with Crippen molar-refractivity contribution in [2.45, 2.75) is 24.8 Å². The fourth-order valence-corrected chi connectivity index (χ4v) is 3.87. The number of aryl methyl sites for hydroxylation is 1. The van der Waals surface area contributed by atoms with Crippen molar-refractivity contribution in [2.75, 3.05) is 12.3 Å². The Hall–Kier alpha value is -2.12. The number of ether oxygens (including phenoxy) is 1. The van der Waals surface area contributed by atoms with Gasteiger partial charge in [0.2, 0.25) is 0 Å². The molecular weight excluding hydrogens is 340 g/mol. The SMILES string of the molecule is CCOc1ccc(-c2nc(CSc3nc(C)cc(N)n3)cs2)cc1. The van der Waals surface area contributed by atoms with Crippen LogP contribution in [0.1, 0.15) is 18.3 Å². The fourth-order valence-electron chi connectivity index (χ4n) is 2.13. The summed E-state index contributed by atoms with van der Waals surface area (Å²) in [5, 5.41) is 3.75. The number of hydrogen-bond acceptors (Lipinski definition) is 7. The molecule has 0 aliphatic rings. The maximum Gasteiger partial charge on any atom is 0.190 e. The van der Waals surface area contributed by atoms with Gasteiger partial charge in [0.25, 0.3) is 0 Å². The van der Waals surface area contributed by atoms with Gasteiger partial charge in [-0.15, -0.1) is 11.3 Å². The Balaban J connectivity index is 1.66. The average Bonchev–Trinajstić information content (AvgIpc) is 3.02. The normalized spacial score (nSPS) is 10.8. The second-order valence-electron chi connectivity index (χ2n) is 5.11. The first-order valence-corrected chi connectivity index (χ1v) is 9.42. The summed E-state index contributed by atoms with van der Waals surface area (Å²) in [6.45, 7) is 4.56. The maximum atomic E-state index is 5.75. The number of hydrogen-bond donors (Lipinski definition) is 1. The molecule has 2 heterocycles. The van der Waals surface area contributed by atoms with E-state index < -0.39 is 0 Å². The standard InChI is InChI=1S/C17H18N4OS2/c1-3-22-14-6-4-12(5-7-14)16-20-13(9-23-16)10-24-17-19-11(2)8-15(18)21-17/h4-9H,3,10H2,1-2H3,(H2,18,19,21). The minimum atomic E-state index is 0.498. The molecule has 2 aromatic heterocycles. The number of nitrogen functional groups attached to an aromatic ring is 1. The van der Waals surface area contributed by atoms with E-state index in [0.717, 1.165) is 33.5 Å². The number of thioether (sulfide) groups is 1. The monoisotopic (exact) mass is 358 g/mol. The lowest BCUT2D eigenvalue weighted by molar-refractivity contribution is 0.340. The molecule has 0 atom stereocenters. The van der Waals surface area contributed by atoms with Crippen LogP contribution in [0.25, 0.3) is 10.6 Å². The second kappa shape index (κ2) is 7.63. The van der Waals surface area contributed by atoms with Gasteiger partial charge in [0, 0.05) is 28.5 Å². The largest absolute Gasteiger partial charge is 0.494 e. The van der Waals surface area contributed by atoms with Crippen LogP contribution in [0, 0.1) is 6.92 Å². The first-order valence-electron chi connectivity index (χ1n) is 7.55. The number of rotatable bonds is 6. The van der Waals surface area contributed by atoms with Crippen molar-refractivity contribution in [1.82, 2.24) is 15.0 Å². The van der Waals surface area contributed by atoms with Gasteiger partial charge in [-0.25, -0.2) is 15.0 Å². The molecule has 5 nitrogen and oxygen atoms in total. The lowest BCUT2D eigenvalue weighted by atomic mass is 10.2. The van der Waals surface area contributed by atoms with Crippen molar-refractivity contribution in [3.63, 3.8) is 0 Å². The summed E-state index contributed by atoms with van der Waals surface area (Å²) < 4.78 is 5.46. The van der Waals surface area contributed by atoms with Gasteiger partial charge in [0.15, 0.2) is 5.16 Å². The van der Waals surface area contributed by atoms with Crippen molar-refractivity contribution in [2.24, 2.45) is 0 Å². The van der Waals surface area contributed by atoms with E-state index in [4.69, 9.17) is 10.5 Å². The molecule has 0 radical (unpaired) electrons. The zero-order valence-corrected chi connectivity index (χ0v) is 15.2. The topological polar surface area (TPSA) is 73.9 Å². The smallest absolute Gasteiger partial charge is 0.190 e. The van der Waals surface area contributed by atoms with Gasteiger partial charge < -0.3 is 10.5 Å². The van der Waals surface area contributed by atoms with Gasteiger partial charge in [-0.2, -0.15) is 0 Å². The van der Waals surface area contributed by atoms with Gasteiger partial charge in [0.1, 0.15) is 16.6 Å². The Morgan fingerprint density at radius 1 is 1.17 bits per heavy atom. The van der Waals surface area contributed by atoms with Crippen LogP contribution in [-0.4, -0.2) is 21.6 Å². The minimum absolute atomic E-state index is 0.498. The molecule has 0 spiro atoms. The third-order valence-electron chi connectivity index (χ3n) is 3.17. The fraction of sp³-hybridized carbons (Fsp3) is 0.235. The van der Waals surface area contributed by atoms with Crippen LogP contribution >= 0.6 is 23.1 Å². The van der Waals surface area contributed by atoms with Gasteiger partial charge >= 0.3 is 0 Å². The van der Waals surface area contributed by atoms with Crippen LogP contribution in [0.5, 0.6) is 5.75 Å². The number of anilines is 1. The quantitative estimate of drug-likeness (QED) is 0.526. The number of nitrogens with zero attached hydrogens (tertiary/aromatic N) is 3. The van der Waals surface area contributed by atoms with Gasteiger partial charge in [-0.05, 0) is 38.1 Å². The minimum Gasteiger partial charge on any atom is -0.494 e. The van der Waals surface area contributed by atoms with E-state index in [9.17, 15) is 0 Å². The summed E-state index contributed by atoms with van der Waals surface area (Å²) in [6, 6.07) is 9.77. The lowest BCUT2D eigenvalue weighted by Crippen LogP contribution is -1.96. The summed E-state index contributed by atoms with van der Waals surface area (Å²) >= 11 is 3.17. The molecule has 7 heteroatoms. The van der Waals surface area contributed by atoms with Crippen molar-refractivity contribution in [3.05, 3.63) is 47.1 Å². The number of aromatic nitrogens is 3. The predicted molar refractivity (Wildman–Crippen MR) is 99.5 cm³/mol. The lowest BCUT2D eigenvalue weighted by Gasteiger charge is -2.03. The van der Waals surface area contributed by atoms with Crippen molar-refractivity contribution in [1.29, 1.82) is 0 Å². The first-order chi connectivity index (χ1) is 11.6. The van der Waals surface area contributed by atoms with E-state index in [1.165, 1.54) is 0 Å². The third kappa shape index (κ3) is 4.24. The number of thiazole rings is 1. The van der Waals surface area contributed by atoms with Crippen LogP contribution in [0.2, 0.25) is 0 Å². The molecule has 0 bridgehead atoms. The van der Waals surface area contributed by atoms with Gasteiger partial charge in [0.05, 0.1) is 12.3 Å². The molecule has 124 valence electrons. The van der Waals surface area contributed by atoms with Crippen LogP contribution in [-0.2, 0) is 5.75 Å². The molecule has 0 saturated heterocycles. The Morgan fingerprint density at radius 3 is 2.67 bits per heavy atom. The van der Waals surface area contributed by atoms with Crippen molar-refractivity contribution in [3.8, 4) is 16.3 Å². The molecule has 24 heavy (non-hydrogen) atoms. The van der Waals surface area contributed by atoms with E-state index in [2.05, 4.69) is 20.3 Å². The molecule has 0 amide bonds. The van der Waals surface area contributed by atoms with Crippen LogP contribution in [0.4, 0.5) is 5.82 Å². The molecule has 0 unspecified atom stereocenters. The van der Waals surface area contributed by atoms with Crippen molar-refractivity contribution < 1.29 is 4.74 Å². The van der Waals surface area contributed by atoms with E-state index in [0.29, 0.717) is 17.6 Å². The number of nitrogens with two attached hydrogens (primary N) is 1. The first kappa shape index (κ1) is 16.7. The summed E-state index contributed by atoms with van der Waals surface area (Å²) in [6.07, 6.45) is 0. The average molecular weight is 358 g/mol. The highest BCUT2D eigenvalue weighted by atomic mass is 32.2. The highest BCUT2D eigenvalue weighted by molar-refractivity contribution is 7.98. The van der Waals surface area contributed by atoms with E-state index in [1.54, 1.807) is 29.2 Å². The highest BCUT2D eigenvalue weighted by Gasteiger charge is 2.07. The van der Waals surface area contributed by atoms with Crippen LogP contribution in [0.3, 0.4) is 0 Å². The summed E-state index contributed by atoms with van der Waals surface area (Å²) in [5.74, 6) is 2.09. The number of benzene rings is 1. The molecule has 0 aliphatic heterocycles. The maximum absolute atomic E-state index is 5.75. The second-order valence-corrected chi connectivity index (χ2v) is 6.91. The van der Waals surface area contributed by atoms with Gasteiger partial charge in [-0.1, -0.05) is 11.8 Å². The molecule has 1 aromatic carbocycles.